The molecule has 0 bridgehead atoms. The molecule has 0 unspecified atom stereocenters. The summed E-state index contributed by atoms with van der Waals surface area (Å²) in [5.74, 6) is -0.432. The van der Waals surface area contributed by atoms with E-state index in [0.29, 0.717) is 45.8 Å². The van der Waals surface area contributed by atoms with Gasteiger partial charge in [-0.25, -0.2) is 15.1 Å². The van der Waals surface area contributed by atoms with Crippen molar-refractivity contribution in [3.63, 3.8) is 0 Å². The summed E-state index contributed by atoms with van der Waals surface area (Å²) in [5.41, 5.74) is 7.55. The van der Waals surface area contributed by atoms with Crippen LogP contribution in [-0.4, -0.2) is 42.8 Å². The molecule has 1 aromatic carbocycles. The van der Waals surface area contributed by atoms with E-state index in [2.05, 4.69) is 25.5 Å². The topological polar surface area (TPSA) is 99.2 Å². The number of alkyl halides is 2. The van der Waals surface area contributed by atoms with Crippen LogP contribution in [0, 0.1) is 13.8 Å². The third-order valence-electron chi connectivity index (χ3n) is 5.87. The minimum atomic E-state index is -2.93. The molecule has 4 aromatic rings. The summed E-state index contributed by atoms with van der Waals surface area (Å²) in [6, 6.07) is 7.84. The molecule has 0 aliphatic rings. The molecule has 0 atom stereocenters. The number of carbonyl (C=O) groups excluding carboxylic acids is 1. The first-order valence-corrected chi connectivity index (χ1v) is 11.5. The van der Waals surface area contributed by atoms with Gasteiger partial charge in [0.2, 0.25) is 0 Å². The maximum absolute atomic E-state index is 13.4. The molecule has 0 fully saturated rings. The second-order valence-electron chi connectivity index (χ2n) is 8.37. The fourth-order valence-electron chi connectivity index (χ4n) is 3.95. The summed E-state index contributed by atoms with van der Waals surface area (Å²) >= 11 is 0. The summed E-state index contributed by atoms with van der Waals surface area (Å²) in [6.07, 6.45) is 2.57. The highest BCUT2D eigenvalue weighted by Gasteiger charge is 2.21. The summed E-state index contributed by atoms with van der Waals surface area (Å²) in [5, 5.41) is 13.8. The van der Waals surface area contributed by atoms with Crippen LogP contribution in [-0.2, 0) is 13.6 Å². The van der Waals surface area contributed by atoms with Crippen LogP contribution < -0.4 is 10.2 Å². The second kappa shape index (κ2) is 10.2. The molecule has 188 valence electrons. The lowest BCUT2D eigenvalue weighted by molar-refractivity contribution is -0.0498. The number of hydrogen-bond donors (Lipinski definition) is 1. The van der Waals surface area contributed by atoms with E-state index in [0.717, 1.165) is 17.7 Å². The Bertz CT molecular complexity index is 1460. The van der Waals surface area contributed by atoms with Crippen LogP contribution in [0.15, 0.2) is 41.6 Å². The Balaban J connectivity index is 1.73. The van der Waals surface area contributed by atoms with Crippen molar-refractivity contribution < 1.29 is 18.3 Å². The molecular formula is C25H27F2N7O2. The van der Waals surface area contributed by atoms with Gasteiger partial charge in [0, 0.05) is 30.4 Å². The van der Waals surface area contributed by atoms with Crippen LogP contribution in [0.3, 0.4) is 0 Å². The second-order valence-corrected chi connectivity index (χ2v) is 8.37. The van der Waals surface area contributed by atoms with Crippen molar-refractivity contribution in [3.05, 3.63) is 59.0 Å². The van der Waals surface area contributed by atoms with Gasteiger partial charge in [0.05, 0.1) is 34.2 Å². The lowest BCUT2D eigenvalue weighted by Gasteiger charge is -2.09. The van der Waals surface area contributed by atoms with Crippen molar-refractivity contribution in [1.29, 1.82) is 0 Å². The normalized spacial score (nSPS) is 11.9. The highest BCUT2D eigenvalue weighted by molar-refractivity contribution is 6.08. The van der Waals surface area contributed by atoms with Gasteiger partial charge in [0.25, 0.3) is 5.91 Å². The van der Waals surface area contributed by atoms with E-state index in [1.165, 1.54) is 12.1 Å². The first-order valence-electron chi connectivity index (χ1n) is 11.5. The third-order valence-corrected chi connectivity index (χ3v) is 5.87. The number of hydrazone groups is 1. The highest BCUT2D eigenvalue weighted by Crippen LogP contribution is 2.29. The first-order chi connectivity index (χ1) is 17.2. The molecule has 4 rings (SSSR count). The summed E-state index contributed by atoms with van der Waals surface area (Å²) in [4.78, 5) is 18.2. The van der Waals surface area contributed by atoms with Crippen LogP contribution in [0.5, 0.6) is 5.75 Å². The Hall–Kier alpha value is -4.15. The maximum atomic E-state index is 13.4. The smallest absolute Gasteiger partial charge is 0.387 e. The number of nitrogens with zero attached hydrogens (tertiary/aromatic N) is 6. The average molecular weight is 496 g/mol. The van der Waals surface area contributed by atoms with Crippen molar-refractivity contribution in [2.45, 2.75) is 47.3 Å². The van der Waals surface area contributed by atoms with Gasteiger partial charge in [-0.1, -0.05) is 19.1 Å². The van der Waals surface area contributed by atoms with Gasteiger partial charge in [-0.2, -0.15) is 24.1 Å². The lowest BCUT2D eigenvalue weighted by atomic mass is 10.1. The molecule has 0 spiro atoms. The van der Waals surface area contributed by atoms with Gasteiger partial charge in [-0.3, -0.25) is 9.48 Å². The van der Waals surface area contributed by atoms with E-state index in [4.69, 9.17) is 4.98 Å². The number of benzene rings is 1. The summed E-state index contributed by atoms with van der Waals surface area (Å²) < 4.78 is 33.1. The van der Waals surface area contributed by atoms with Crippen molar-refractivity contribution >= 4 is 22.7 Å². The monoisotopic (exact) mass is 495 g/mol. The largest absolute Gasteiger partial charge is 0.435 e. The van der Waals surface area contributed by atoms with E-state index in [9.17, 15) is 13.6 Å². The van der Waals surface area contributed by atoms with Crippen molar-refractivity contribution in [1.82, 2.24) is 30.0 Å². The quantitative estimate of drug-likeness (QED) is 0.284. The van der Waals surface area contributed by atoms with E-state index in [-0.39, 0.29) is 5.75 Å². The zero-order chi connectivity index (χ0) is 26.0. The Morgan fingerprint density at radius 1 is 1.25 bits per heavy atom. The number of aryl methyl sites for hydroxylation is 3. The third kappa shape index (κ3) is 4.95. The summed E-state index contributed by atoms with van der Waals surface area (Å²) in [6.45, 7) is 5.21. The Morgan fingerprint density at radius 3 is 2.69 bits per heavy atom. The van der Waals surface area contributed by atoms with Crippen molar-refractivity contribution in [2.75, 3.05) is 0 Å². The molecule has 0 radical (unpaired) electrons. The average Bonchev–Trinajstić information content (AvgIpc) is 3.35. The fourth-order valence-corrected chi connectivity index (χ4v) is 3.95. The summed E-state index contributed by atoms with van der Waals surface area (Å²) in [7, 11) is 1.84. The molecule has 11 heteroatoms. The number of aromatic nitrogens is 5. The fraction of sp³-hybridized carbons (Fsp3) is 0.320. The number of pyridine rings is 1. The number of rotatable bonds is 8. The van der Waals surface area contributed by atoms with Crippen LogP contribution >= 0.6 is 0 Å². The first kappa shape index (κ1) is 25.0. The molecule has 1 amide bonds. The SMILES string of the molecule is CCCn1nc(C)c2c(C(=O)NN=C(C)c3cccc(OC(F)F)c3)cc(-c3cnn(C)c3C)nc21. The molecule has 1 N–H and O–H groups in total. The van der Waals surface area contributed by atoms with E-state index < -0.39 is 12.5 Å². The Morgan fingerprint density at radius 2 is 2.03 bits per heavy atom. The predicted molar refractivity (Wildman–Crippen MR) is 132 cm³/mol. The molecule has 3 heterocycles. The molecule has 9 nitrogen and oxygen atoms in total. The van der Waals surface area contributed by atoms with Crippen molar-refractivity contribution in [3.8, 4) is 17.0 Å². The number of halogens is 2. The zero-order valence-electron chi connectivity index (χ0n) is 20.7. The Labute approximate surface area is 206 Å². The van der Waals surface area contributed by atoms with Crippen molar-refractivity contribution in [2.24, 2.45) is 12.1 Å². The predicted octanol–water partition coefficient (Wildman–Crippen LogP) is 4.61. The number of carbonyl (C=O) groups is 1. The van der Waals surface area contributed by atoms with Gasteiger partial charge in [0.1, 0.15) is 5.75 Å². The van der Waals surface area contributed by atoms with Gasteiger partial charge in [-0.15, -0.1) is 0 Å². The van der Waals surface area contributed by atoms with Gasteiger partial charge < -0.3 is 4.74 Å². The van der Waals surface area contributed by atoms with Gasteiger partial charge >= 0.3 is 6.61 Å². The molecular weight excluding hydrogens is 468 g/mol. The number of nitrogens with one attached hydrogen (secondary N) is 1. The molecule has 0 aliphatic heterocycles. The van der Waals surface area contributed by atoms with Crippen LogP contribution in [0.4, 0.5) is 8.78 Å². The van der Waals surface area contributed by atoms with Gasteiger partial charge in [0.15, 0.2) is 5.65 Å². The van der Waals surface area contributed by atoms with Crippen LogP contribution in [0.25, 0.3) is 22.3 Å². The van der Waals surface area contributed by atoms with E-state index >= 15 is 0 Å². The minimum Gasteiger partial charge on any atom is -0.435 e. The molecule has 0 aliphatic carbocycles. The maximum Gasteiger partial charge on any atom is 0.387 e. The molecule has 36 heavy (non-hydrogen) atoms. The standard InChI is InChI=1S/C25H27F2N7O2/c1-6-10-34-23-22(15(3)32-34)19(12-21(29-23)20-13-28-33(5)16(20)4)24(35)31-30-14(2)17-8-7-9-18(11-17)36-25(26)27/h7-9,11-13,25H,6,10H2,1-5H3,(H,31,35). The molecule has 0 saturated heterocycles. The zero-order valence-corrected chi connectivity index (χ0v) is 20.7. The number of hydrogen-bond acceptors (Lipinski definition) is 6. The van der Waals surface area contributed by atoms with E-state index in [1.54, 1.807) is 40.7 Å². The van der Waals surface area contributed by atoms with Gasteiger partial charge in [-0.05, 0) is 45.4 Å². The minimum absolute atomic E-state index is 0.00895. The number of ether oxygens (including phenoxy) is 1. The molecule has 3 aromatic heterocycles. The Kier molecular flexibility index (Phi) is 7.09. The highest BCUT2D eigenvalue weighted by atomic mass is 19.3. The number of fused-ring (bicyclic) bond motifs is 1. The van der Waals surface area contributed by atoms with Crippen LogP contribution in [0.1, 0.15) is 47.6 Å². The van der Waals surface area contributed by atoms with Crippen LogP contribution in [0.2, 0.25) is 0 Å². The molecule has 0 saturated carbocycles. The lowest BCUT2D eigenvalue weighted by Crippen LogP contribution is -2.20. The van der Waals surface area contributed by atoms with E-state index in [1.807, 2.05) is 27.8 Å². The number of amides is 1.